The monoisotopic (exact) mass is 374 g/mol. The number of hydrogen-bond donors (Lipinski definition) is 1. The molecule has 3 rings (SSSR count). The maximum absolute atomic E-state index is 12.5. The average molecular weight is 375 g/mol. The Morgan fingerprint density at radius 1 is 1.04 bits per heavy atom. The lowest BCUT2D eigenvalue weighted by Crippen LogP contribution is -2.38. The fraction of sp³-hybridized carbons (Fsp3) is 0.682. The zero-order valence-electron chi connectivity index (χ0n) is 16.8. The smallest absolute Gasteiger partial charge is 0.222 e. The fourth-order valence-corrected chi connectivity index (χ4v) is 4.30. The summed E-state index contributed by atoms with van der Waals surface area (Å²) in [5, 5.41) is 3.38. The van der Waals surface area contributed by atoms with Gasteiger partial charge in [0.2, 0.25) is 5.91 Å². The van der Waals surface area contributed by atoms with Crippen LogP contribution in [0, 0.1) is 11.8 Å². The summed E-state index contributed by atoms with van der Waals surface area (Å²) in [6, 6.07) is 6.10. The van der Waals surface area contributed by atoms with E-state index in [0.717, 1.165) is 76.2 Å². The van der Waals surface area contributed by atoms with Crippen molar-refractivity contribution in [2.75, 3.05) is 40.4 Å². The Hall–Kier alpha value is -1.75. The minimum absolute atomic E-state index is 0.359. The summed E-state index contributed by atoms with van der Waals surface area (Å²) in [4.78, 5) is 14.6. The predicted octanol–water partition coefficient (Wildman–Crippen LogP) is 3.26. The highest BCUT2D eigenvalue weighted by atomic mass is 16.5. The maximum Gasteiger partial charge on any atom is 0.222 e. The maximum atomic E-state index is 12.5. The molecule has 27 heavy (non-hydrogen) atoms. The zero-order chi connectivity index (χ0) is 19.1. The van der Waals surface area contributed by atoms with E-state index in [0.29, 0.717) is 17.7 Å². The van der Waals surface area contributed by atoms with Gasteiger partial charge in [-0.25, -0.2) is 0 Å². The minimum atomic E-state index is 0.359. The van der Waals surface area contributed by atoms with Crippen LogP contribution in [0.1, 0.15) is 44.1 Å². The van der Waals surface area contributed by atoms with Crippen LogP contribution in [0.5, 0.6) is 11.5 Å². The Kier molecular flexibility index (Phi) is 7.39. The van der Waals surface area contributed by atoms with Crippen LogP contribution >= 0.6 is 0 Å². The number of carbonyl (C=O) groups is 1. The molecule has 0 aliphatic carbocycles. The summed E-state index contributed by atoms with van der Waals surface area (Å²) in [5.74, 6) is 3.46. The standard InChI is InChI=1S/C22H34N2O3/c1-26-20-13-19(14-21(15-20)27-2)4-3-17-8-11-24(12-9-17)22(25)6-5-18-7-10-23-16-18/h13-15,17-18,23H,3-12,16H2,1-2H3. The molecule has 1 N–H and O–H groups in total. The number of amides is 1. The first kappa shape index (κ1) is 20.0. The molecule has 0 saturated carbocycles. The van der Waals surface area contributed by atoms with E-state index < -0.39 is 0 Å². The third kappa shape index (κ3) is 5.86. The molecule has 0 bridgehead atoms. The number of aryl methyl sites for hydroxylation is 1. The van der Waals surface area contributed by atoms with Gasteiger partial charge in [-0.3, -0.25) is 4.79 Å². The van der Waals surface area contributed by atoms with Crippen LogP contribution in [0.15, 0.2) is 18.2 Å². The molecule has 5 nitrogen and oxygen atoms in total. The van der Waals surface area contributed by atoms with Gasteiger partial charge in [-0.2, -0.15) is 0 Å². The molecule has 1 unspecified atom stereocenters. The molecule has 2 fully saturated rings. The molecule has 2 aliphatic heterocycles. The first-order valence-corrected chi connectivity index (χ1v) is 10.4. The Morgan fingerprint density at radius 3 is 2.33 bits per heavy atom. The van der Waals surface area contributed by atoms with Gasteiger partial charge in [-0.1, -0.05) is 0 Å². The van der Waals surface area contributed by atoms with Crippen molar-refractivity contribution < 1.29 is 14.3 Å². The van der Waals surface area contributed by atoms with E-state index >= 15 is 0 Å². The number of likely N-dealkylation sites (tertiary alicyclic amines) is 1. The van der Waals surface area contributed by atoms with Gasteiger partial charge in [-0.05, 0) is 81.1 Å². The molecule has 2 heterocycles. The second kappa shape index (κ2) is 9.98. The highest BCUT2D eigenvalue weighted by molar-refractivity contribution is 5.76. The van der Waals surface area contributed by atoms with Gasteiger partial charge in [0.1, 0.15) is 11.5 Å². The molecule has 1 aromatic rings. The van der Waals surface area contributed by atoms with E-state index in [2.05, 4.69) is 22.3 Å². The van der Waals surface area contributed by atoms with E-state index in [1.807, 2.05) is 6.07 Å². The lowest BCUT2D eigenvalue weighted by Gasteiger charge is -2.32. The number of methoxy groups -OCH3 is 2. The second-order valence-corrected chi connectivity index (χ2v) is 7.98. The van der Waals surface area contributed by atoms with E-state index in [4.69, 9.17) is 9.47 Å². The van der Waals surface area contributed by atoms with Crippen LogP contribution in [0.25, 0.3) is 0 Å². The van der Waals surface area contributed by atoms with E-state index in [-0.39, 0.29) is 0 Å². The summed E-state index contributed by atoms with van der Waals surface area (Å²) in [5.41, 5.74) is 1.26. The summed E-state index contributed by atoms with van der Waals surface area (Å²) in [6.45, 7) is 4.05. The number of hydrogen-bond acceptors (Lipinski definition) is 4. The summed E-state index contributed by atoms with van der Waals surface area (Å²) >= 11 is 0. The van der Waals surface area contributed by atoms with E-state index in [1.54, 1.807) is 14.2 Å². The number of carbonyl (C=O) groups excluding carboxylic acids is 1. The van der Waals surface area contributed by atoms with Crippen LogP contribution in [-0.4, -0.2) is 51.2 Å². The van der Waals surface area contributed by atoms with Crippen LogP contribution < -0.4 is 14.8 Å². The Labute approximate surface area is 163 Å². The van der Waals surface area contributed by atoms with Crippen molar-refractivity contribution in [3.8, 4) is 11.5 Å². The minimum Gasteiger partial charge on any atom is -0.497 e. The van der Waals surface area contributed by atoms with Crippen molar-refractivity contribution in [2.24, 2.45) is 11.8 Å². The number of nitrogens with one attached hydrogen (secondary N) is 1. The summed E-state index contributed by atoms with van der Waals surface area (Å²) < 4.78 is 10.7. The third-order valence-electron chi connectivity index (χ3n) is 6.15. The summed E-state index contributed by atoms with van der Waals surface area (Å²) in [7, 11) is 3.38. The molecule has 1 aromatic carbocycles. The van der Waals surface area contributed by atoms with Crippen LogP contribution in [-0.2, 0) is 11.2 Å². The number of ether oxygens (including phenoxy) is 2. The first-order valence-electron chi connectivity index (χ1n) is 10.4. The molecule has 0 spiro atoms. The molecular formula is C22H34N2O3. The van der Waals surface area contributed by atoms with Gasteiger partial charge >= 0.3 is 0 Å². The van der Waals surface area contributed by atoms with Crippen molar-refractivity contribution in [3.05, 3.63) is 23.8 Å². The van der Waals surface area contributed by atoms with Crippen LogP contribution in [0.4, 0.5) is 0 Å². The Bertz CT molecular complexity index is 583. The van der Waals surface area contributed by atoms with Crippen molar-refractivity contribution >= 4 is 5.91 Å². The van der Waals surface area contributed by atoms with Crippen molar-refractivity contribution in [1.82, 2.24) is 10.2 Å². The highest BCUT2D eigenvalue weighted by Crippen LogP contribution is 2.27. The molecule has 1 atom stereocenters. The zero-order valence-corrected chi connectivity index (χ0v) is 16.8. The predicted molar refractivity (Wildman–Crippen MR) is 107 cm³/mol. The van der Waals surface area contributed by atoms with E-state index in [9.17, 15) is 4.79 Å². The third-order valence-corrected chi connectivity index (χ3v) is 6.15. The van der Waals surface area contributed by atoms with Gasteiger partial charge in [0, 0.05) is 25.6 Å². The average Bonchev–Trinajstić information content (AvgIpc) is 3.24. The first-order chi connectivity index (χ1) is 13.2. The van der Waals surface area contributed by atoms with Gasteiger partial charge in [-0.15, -0.1) is 0 Å². The normalized spacial score (nSPS) is 20.7. The molecular weight excluding hydrogens is 340 g/mol. The van der Waals surface area contributed by atoms with Gasteiger partial charge in [0.25, 0.3) is 0 Å². The van der Waals surface area contributed by atoms with Crippen LogP contribution in [0.3, 0.4) is 0 Å². The SMILES string of the molecule is COc1cc(CCC2CCN(C(=O)CCC3CCNC3)CC2)cc(OC)c1. The molecule has 150 valence electrons. The lowest BCUT2D eigenvalue weighted by atomic mass is 9.90. The van der Waals surface area contributed by atoms with Crippen molar-refractivity contribution in [3.63, 3.8) is 0 Å². The fourth-order valence-electron chi connectivity index (χ4n) is 4.30. The molecule has 0 radical (unpaired) electrons. The molecule has 5 heteroatoms. The van der Waals surface area contributed by atoms with Crippen molar-refractivity contribution in [1.29, 1.82) is 0 Å². The molecule has 2 aliphatic rings. The van der Waals surface area contributed by atoms with E-state index in [1.165, 1.54) is 12.0 Å². The Balaban J connectivity index is 1.39. The van der Waals surface area contributed by atoms with Crippen LogP contribution in [0.2, 0.25) is 0 Å². The molecule has 1 amide bonds. The van der Waals surface area contributed by atoms with Gasteiger partial charge in [0.05, 0.1) is 14.2 Å². The molecule has 2 saturated heterocycles. The number of nitrogens with zero attached hydrogens (tertiary/aromatic N) is 1. The van der Waals surface area contributed by atoms with Gasteiger partial charge < -0.3 is 19.7 Å². The largest absolute Gasteiger partial charge is 0.497 e. The van der Waals surface area contributed by atoms with Crippen molar-refractivity contribution in [2.45, 2.75) is 44.9 Å². The quantitative estimate of drug-likeness (QED) is 0.759. The molecule has 0 aromatic heterocycles. The Morgan fingerprint density at radius 2 is 1.74 bits per heavy atom. The number of benzene rings is 1. The highest BCUT2D eigenvalue weighted by Gasteiger charge is 2.24. The van der Waals surface area contributed by atoms with Gasteiger partial charge in [0.15, 0.2) is 0 Å². The summed E-state index contributed by atoms with van der Waals surface area (Å²) in [6.07, 6.45) is 7.43. The lowest BCUT2D eigenvalue weighted by molar-refractivity contribution is -0.132. The second-order valence-electron chi connectivity index (χ2n) is 7.98. The number of rotatable bonds is 8. The number of piperidine rings is 1. The topological polar surface area (TPSA) is 50.8 Å².